The van der Waals surface area contributed by atoms with Crippen molar-refractivity contribution in [2.45, 2.75) is 20.8 Å². The first-order valence-electron chi connectivity index (χ1n) is 8.36. The van der Waals surface area contributed by atoms with Crippen LogP contribution in [0.1, 0.15) is 26.2 Å². The normalized spacial score (nSPS) is 14.8. The Balaban J connectivity index is 1.70. The van der Waals surface area contributed by atoms with Crippen LogP contribution in [-0.2, 0) is 0 Å². The Morgan fingerprint density at radius 3 is 2.32 bits per heavy atom. The number of anilines is 2. The SMILES string of the molecule is Cc1nc(N(C)C)cc(N2CCN(C(=O)c3sc(C)nc3C)CC2)n1. The molecule has 3 rings (SSSR count). The van der Waals surface area contributed by atoms with Gasteiger partial charge in [0.15, 0.2) is 0 Å². The highest BCUT2D eigenvalue weighted by Gasteiger charge is 2.26. The molecule has 0 bridgehead atoms. The van der Waals surface area contributed by atoms with Crippen molar-refractivity contribution in [2.75, 3.05) is 50.1 Å². The van der Waals surface area contributed by atoms with Gasteiger partial charge >= 0.3 is 0 Å². The zero-order valence-corrected chi connectivity index (χ0v) is 16.2. The Labute approximate surface area is 152 Å². The van der Waals surface area contributed by atoms with Gasteiger partial charge in [0, 0.05) is 46.3 Å². The first-order chi connectivity index (χ1) is 11.8. The summed E-state index contributed by atoms with van der Waals surface area (Å²) in [6, 6.07) is 2.00. The molecule has 8 heteroatoms. The van der Waals surface area contributed by atoms with Crippen molar-refractivity contribution in [3.05, 3.63) is 27.5 Å². The van der Waals surface area contributed by atoms with E-state index in [-0.39, 0.29) is 5.91 Å². The molecular formula is C17H24N6OS. The van der Waals surface area contributed by atoms with Crippen molar-refractivity contribution in [3.63, 3.8) is 0 Å². The van der Waals surface area contributed by atoms with Crippen LogP contribution in [-0.4, -0.2) is 66.0 Å². The van der Waals surface area contributed by atoms with Gasteiger partial charge in [0.25, 0.3) is 5.91 Å². The number of hydrogen-bond acceptors (Lipinski definition) is 7. The van der Waals surface area contributed by atoms with Crippen LogP contribution in [0.2, 0.25) is 0 Å². The van der Waals surface area contributed by atoms with Crippen molar-refractivity contribution in [1.82, 2.24) is 19.9 Å². The van der Waals surface area contributed by atoms with Crippen LogP contribution < -0.4 is 9.80 Å². The van der Waals surface area contributed by atoms with E-state index in [1.165, 1.54) is 11.3 Å². The molecule has 25 heavy (non-hydrogen) atoms. The summed E-state index contributed by atoms with van der Waals surface area (Å²) in [5, 5.41) is 0.937. The van der Waals surface area contributed by atoms with Gasteiger partial charge in [-0.2, -0.15) is 0 Å². The molecular weight excluding hydrogens is 336 g/mol. The second kappa shape index (κ2) is 6.95. The highest BCUT2D eigenvalue weighted by atomic mass is 32.1. The minimum Gasteiger partial charge on any atom is -0.363 e. The van der Waals surface area contributed by atoms with Gasteiger partial charge in [0.1, 0.15) is 22.3 Å². The third-order valence-corrected chi connectivity index (χ3v) is 5.32. The molecule has 0 atom stereocenters. The molecule has 1 saturated heterocycles. The summed E-state index contributed by atoms with van der Waals surface area (Å²) in [5.74, 6) is 2.68. The van der Waals surface area contributed by atoms with E-state index in [0.29, 0.717) is 13.1 Å². The lowest BCUT2D eigenvalue weighted by Crippen LogP contribution is -2.49. The monoisotopic (exact) mass is 360 g/mol. The standard InChI is InChI=1S/C17H24N6OS/c1-11-16(25-13(3)18-11)17(24)23-8-6-22(7-9-23)15-10-14(21(4)5)19-12(2)20-15/h10H,6-9H2,1-5H3. The van der Waals surface area contributed by atoms with Crippen molar-refractivity contribution in [3.8, 4) is 0 Å². The number of amides is 1. The number of thiazole rings is 1. The molecule has 3 heterocycles. The number of piperazine rings is 1. The molecule has 0 radical (unpaired) electrons. The molecule has 2 aromatic rings. The van der Waals surface area contributed by atoms with Gasteiger partial charge in [0.2, 0.25) is 0 Å². The maximum Gasteiger partial charge on any atom is 0.265 e. The molecule has 2 aromatic heterocycles. The van der Waals surface area contributed by atoms with Crippen LogP contribution >= 0.6 is 11.3 Å². The van der Waals surface area contributed by atoms with E-state index in [4.69, 9.17) is 0 Å². The van der Waals surface area contributed by atoms with Crippen LogP contribution in [0.4, 0.5) is 11.6 Å². The molecule has 0 unspecified atom stereocenters. The van der Waals surface area contributed by atoms with Gasteiger partial charge < -0.3 is 14.7 Å². The van der Waals surface area contributed by atoms with Gasteiger partial charge in [-0.3, -0.25) is 4.79 Å². The average Bonchev–Trinajstić information content (AvgIpc) is 2.92. The molecule has 0 N–H and O–H groups in total. The summed E-state index contributed by atoms with van der Waals surface area (Å²) >= 11 is 1.48. The van der Waals surface area contributed by atoms with E-state index in [1.54, 1.807) is 0 Å². The van der Waals surface area contributed by atoms with E-state index >= 15 is 0 Å². The van der Waals surface area contributed by atoms with E-state index < -0.39 is 0 Å². The van der Waals surface area contributed by atoms with E-state index in [2.05, 4.69) is 19.9 Å². The highest BCUT2D eigenvalue weighted by Crippen LogP contribution is 2.22. The summed E-state index contributed by atoms with van der Waals surface area (Å²) in [4.78, 5) is 33.0. The minimum absolute atomic E-state index is 0.0931. The molecule has 1 aliphatic rings. The second-order valence-electron chi connectivity index (χ2n) is 6.45. The van der Waals surface area contributed by atoms with Crippen molar-refractivity contribution < 1.29 is 4.79 Å². The third-order valence-electron chi connectivity index (χ3n) is 4.26. The van der Waals surface area contributed by atoms with Crippen molar-refractivity contribution in [2.24, 2.45) is 0 Å². The highest BCUT2D eigenvalue weighted by molar-refractivity contribution is 7.13. The predicted molar refractivity (Wildman–Crippen MR) is 101 cm³/mol. The van der Waals surface area contributed by atoms with E-state index in [9.17, 15) is 4.79 Å². The smallest absolute Gasteiger partial charge is 0.265 e. The summed E-state index contributed by atoms with van der Waals surface area (Å²) < 4.78 is 0. The maximum absolute atomic E-state index is 12.7. The van der Waals surface area contributed by atoms with Gasteiger partial charge in [-0.15, -0.1) is 11.3 Å². The van der Waals surface area contributed by atoms with Gasteiger partial charge in [-0.05, 0) is 20.8 Å². The van der Waals surface area contributed by atoms with Crippen LogP contribution in [0, 0.1) is 20.8 Å². The Hall–Kier alpha value is -2.22. The first kappa shape index (κ1) is 17.6. The van der Waals surface area contributed by atoms with Crippen LogP contribution in [0.3, 0.4) is 0 Å². The van der Waals surface area contributed by atoms with Crippen molar-refractivity contribution >= 4 is 28.9 Å². The quantitative estimate of drug-likeness (QED) is 0.833. The third kappa shape index (κ3) is 3.73. The molecule has 1 aliphatic heterocycles. The summed E-state index contributed by atoms with van der Waals surface area (Å²) in [6.45, 7) is 8.67. The molecule has 134 valence electrons. The fourth-order valence-electron chi connectivity index (χ4n) is 2.94. The molecule has 1 amide bonds. The number of nitrogens with zero attached hydrogens (tertiary/aromatic N) is 6. The Morgan fingerprint density at radius 1 is 1.08 bits per heavy atom. The zero-order valence-electron chi connectivity index (χ0n) is 15.4. The molecule has 1 fully saturated rings. The minimum atomic E-state index is 0.0931. The lowest BCUT2D eigenvalue weighted by atomic mass is 10.2. The second-order valence-corrected chi connectivity index (χ2v) is 7.66. The predicted octanol–water partition coefficient (Wildman–Crippen LogP) is 1.89. The number of rotatable bonds is 3. The number of carbonyl (C=O) groups is 1. The van der Waals surface area contributed by atoms with Crippen LogP contribution in [0.25, 0.3) is 0 Å². The summed E-state index contributed by atoms with van der Waals surface area (Å²) in [7, 11) is 3.95. The summed E-state index contributed by atoms with van der Waals surface area (Å²) in [5.41, 5.74) is 0.831. The van der Waals surface area contributed by atoms with Crippen LogP contribution in [0.15, 0.2) is 6.07 Å². The van der Waals surface area contributed by atoms with Gasteiger partial charge in [-0.25, -0.2) is 15.0 Å². The lowest BCUT2D eigenvalue weighted by Gasteiger charge is -2.35. The average molecular weight is 360 g/mol. The number of carbonyl (C=O) groups excluding carboxylic acids is 1. The largest absolute Gasteiger partial charge is 0.363 e. The fraction of sp³-hybridized carbons (Fsp3) is 0.529. The van der Waals surface area contributed by atoms with Gasteiger partial charge in [-0.1, -0.05) is 0 Å². The van der Waals surface area contributed by atoms with Gasteiger partial charge in [0.05, 0.1) is 10.7 Å². The molecule has 0 aliphatic carbocycles. The number of aromatic nitrogens is 3. The number of hydrogen-bond donors (Lipinski definition) is 0. The Morgan fingerprint density at radius 2 is 1.76 bits per heavy atom. The Bertz CT molecular complexity index is 779. The number of aryl methyl sites for hydroxylation is 3. The summed E-state index contributed by atoms with van der Waals surface area (Å²) in [6.07, 6.45) is 0. The topological polar surface area (TPSA) is 65.5 Å². The molecule has 7 nitrogen and oxygen atoms in total. The molecule has 0 saturated carbocycles. The zero-order chi connectivity index (χ0) is 18.1. The fourth-order valence-corrected chi connectivity index (χ4v) is 3.83. The molecule has 0 aromatic carbocycles. The molecule has 0 spiro atoms. The van der Waals surface area contributed by atoms with Crippen LogP contribution in [0.5, 0.6) is 0 Å². The van der Waals surface area contributed by atoms with Crippen molar-refractivity contribution in [1.29, 1.82) is 0 Å². The maximum atomic E-state index is 12.7. The van der Waals surface area contributed by atoms with E-state index in [1.807, 2.05) is 50.7 Å². The Kier molecular flexibility index (Phi) is 4.89. The first-order valence-corrected chi connectivity index (χ1v) is 9.18. The lowest BCUT2D eigenvalue weighted by molar-refractivity contribution is 0.0750. The van der Waals surface area contributed by atoms with E-state index in [0.717, 1.165) is 46.1 Å².